The van der Waals surface area contributed by atoms with Gasteiger partial charge < -0.3 is 30.2 Å². The van der Waals surface area contributed by atoms with Gasteiger partial charge in [0.05, 0.1) is 12.0 Å². The molecule has 2 aromatic carbocycles. The summed E-state index contributed by atoms with van der Waals surface area (Å²) in [6.07, 6.45) is 0.539. The first kappa shape index (κ1) is 16.7. The maximum Gasteiger partial charge on any atom is 0.235 e. The van der Waals surface area contributed by atoms with E-state index in [9.17, 15) is 20.1 Å². The second kappa shape index (κ2) is 6.74. The molecule has 0 aliphatic carbocycles. The molecule has 3 rings (SSSR count). The molecule has 25 heavy (non-hydrogen) atoms. The van der Waals surface area contributed by atoms with Crippen molar-refractivity contribution in [3.05, 3.63) is 46.6 Å². The third-order valence-electron chi connectivity index (χ3n) is 3.68. The van der Waals surface area contributed by atoms with Gasteiger partial charge >= 0.3 is 0 Å². The molecule has 0 radical (unpaired) electrons. The topological polar surface area (TPSA) is 126 Å². The first-order chi connectivity index (χ1) is 12.0. The number of phenolic OH excluding ortho intramolecular Hbond substituents is 3. The summed E-state index contributed by atoms with van der Waals surface area (Å²) in [6.45, 7) is 0.609. The van der Waals surface area contributed by atoms with Gasteiger partial charge in [0.25, 0.3) is 0 Å². The predicted molar refractivity (Wildman–Crippen MR) is 92.1 cm³/mol. The average molecular weight is 343 g/mol. The molecule has 3 aromatic rings. The normalized spacial score (nSPS) is 10.9. The van der Waals surface area contributed by atoms with Gasteiger partial charge in [0.1, 0.15) is 5.58 Å². The van der Waals surface area contributed by atoms with Gasteiger partial charge in [-0.15, -0.1) is 0 Å². The van der Waals surface area contributed by atoms with Crippen LogP contribution >= 0.6 is 0 Å². The molecule has 7 heteroatoms. The molecule has 0 saturated heterocycles. The van der Waals surface area contributed by atoms with Crippen LogP contribution in [0.1, 0.15) is 6.42 Å². The summed E-state index contributed by atoms with van der Waals surface area (Å²) >= 11 is 0. The first-order valence-corrected chi connectivity index (χ1v) is 7.67. The number of benzene rings is 2. The van der Waals surface area contributed by atoms with E-state index in [0.717, 1.165) is 0 Å². The molecule has 0 fully saturated rings. The molecular weight excluding hydrogens is 326 g/mol. The van der Waals surface area contributed by atoms with Crippen LogP contribution in [0.25, 0.3) is 22.3 Å². The summed E-state index contributed by atoms with van der Waals surface area (Å²) in [7, 11) is 0. The van der Waals surface area contributed by atoms with Gasteiger partial charge in [-0.05, 0) is 37.2 Å². The van der Waals surface area contributed by atoms with Crippen LogP contribution in [-0.2, 0) is 0 Å². The first-order valence-electron chi connectivity index (χ1n) is 7.67. The van der Waals surface area contributed by atoms with Crippen LogP contribution in [0.5, 0.6) is 23.0 Å². The minimum atomic E-state index is -0.655. The molecule has 0 atom stereocenters. The Balaban J connectivity index is 2.25. The highest BCUT2D eigenvalue weighted by Crippen LogP contribution is 2.41. The van der Waals surface area contributed by atoms with Gasteiger partial charge in [0.2, 0.25) is 11.2 Å². The number of ether oxygens (including phenoxy) is 1. The molecular formula is C18H17NO6. The molecule has 0 aliphatic rings. The Morgan fingerprint density at radius 1 is 1.08 bits per heavy atom. The second-order valence-corrected chi connectivity index (χ2v) is 5.44. The highest BCUT2D eigenvalue weighted by Gasteiger charge is 2.20. The summed E-state index contributed by atoms with van der Waals surface area (Å²) in [4.78, 5) is 12.8. The van der Waals surface area contributed by atoms with Crippen molar-refractivity contribution >= 4 is 11.0 Å². The van der Waals surface area contributed by atoms with E-state index in [-0.39, 0.29) is 29.1 Å². The molecule has 0 unspecified atom stereocenters. The highest BCUT2D eigenvalue weighted by molar-refractivity contribution is 5.82. The van der Waals surface area contributed by atoms with E-state index >= 15 is 0 Å². The van der Waals surface area contributed by atoms with Gasteiger partial charge in [-0.2, -0.15) is 0 Å². The SMILES string of the molecule is NCCCOc1c(-c2cc(O)c(O)c(O)c2)oc2ccccc2c1=O. The van der Waals surface area contributed by atoms with Crippen LogP contribution in [0.2, 0.25) is 0 Å². The lowest BCUT2D eigenvalue weighted by Crippen LogP contribution is -2.13. The predicted octanol–water partition coefficient (Wildman–Crippen LogP) is 2.30. The van der Waals surface area contributed by atoms with Crippen LogP contribution in [0.15, 0.2) is 45.6 Å². The molecule has 0 amide bonds. The van der Waals surface area contributed by atoms with Crippen LogP contribution in [0.3, 0.4) is 0 Å². The standard InChI is InChI=1S/C18H17NO6/c19-6-3-7-24-18-15(22)11-4-1-2-5-14(11)25-17(18)10-8-12(20)16(23)13(21)9-10/h1-2,4-5,8-9,20-21,23H,3,6-7,19H2. The van der Waals surface area contributed by atoms with Crippen molar-refractivity contribution in [2.24, 2.45) is 5.73 Å². The van der Waals surface area contributed by atoms with E-state index in [1.54, 1.807) is 24.3 Å². The molecule has 130 valence electrons. The average Bonchev–Trinajstić information content (AvgIpc) is 2.61. The maximum absolute atomic E-state index is 12.8. The van der Waals surface area contributed by atoms with E-state index in [0.29, 0.717) is 23.9 Å². The number of para-hydroxylation sites is 1. The zero-order valence-corrected chi connectivity index (χ0v) is 13.2. The van der Waals surface area contributed by atoms with Crippen LogP contribution in [0.4, 0.5) is 0 Å². The number of hydrogen-bond donors (Lipinski definition) is 4. The third kappa shape index (κ3) is 3.09. The summed E-state index contributed by atoms with van der Waals surface area (Å²) in [5, 5.41) is 29.3. The van der Waals surface area contributed by atoms with Crippen LogP contribution in [-0.4, -0.2) is 28.5 Å². The van der Waals surface area contributed by atoms with Gasteiger partial charge in [0.15, 0.2) is 23.0 Å². The lowest BCUT2D eigenvalue weighted by Gasteiger charge is -2.12. The molecule has 5 N–H and O–H groups in total. The largest absolute Gasteiger partial charge is 0.504 e. The van der Waals surface area contributed by atoms with Crippen molar-refractivity contribution in [2.45, 2.75) is 6.42 Å². The fraction of sp³-hybridized carbons (Fsp3) is 0.167. The third-order valence-corrected chi connectivity index (χ3v) is 3.68. The van der Waals surface area contributed by atoms with Crippen molar-refractivity contribution in [1.29, 1.82) is 0 Å². The van der Waals surface area contributed by atoms with Gasteiger partial charge in [-0.1, -0.05) is 12.1 Å². The minimum absolute atomic E-state index is 0.0448. The van der Waals surface area contributed by atoms with E-state index in [2.05, 4.69) is 0 Å². The lowest BCUT2D eigenvalue weighted by molar-refractivity contribution is 0.305. The summed E-state index contributed by atoms with van der Waals surface area (Å²) in [5.41, 5.74) is 5.60. The fourth-order valence-electron chi connectivity index (χ4n) is 2.44. The minimum Gasteiger partial charge on any atom is -0.504 e. The highest BCUT2D eigenvalue weighted by atomic mass is 16.5. The molecule has 0 saturated carbocycles. The zero-order valence-electron chi connectivity index (χ0n) is 13.2. The Hall–Kier alpha value is -3.19. The molecule has 1 heterocycles. The van der Waals surface area contributed by atoms with E-state index < -0.39 is 17.2 Å². The Morgan fingerprint density at radius 3 is 2.44 bits per heavy atom. The number of phenols is 3. The monoisotopic (exact) mass is 343 g/mol. The van der Waals surface area contributed by atoms with Crippen molar-refractivity contribution in [2.75, 3.05) is 13.2 Å². The molecule has 0 aliphatic heterocycles. The smallest absolute Gasteiger partial charge is 0.235 e. The Labute approximate surface area is 142 Å². The Bertz CT molecular complexity index is 956. The van der Waals surface area contributed by atoms with Crippen LogP contribution in [0, 0.1) is 0 Å². The van der Waals surface area contributed by atoms with Crippen molar-refractivity contribution in [1.82, 2.24) is 0 Å². The van der Waals surface area contributed by atoms with Crippen molar-refractivity contribution < 1.29 is 24.5 Å². The molecule has 7 nitrogen and oxygen atoms in total. The quantitative estimate of drug-likeness (QED) is 0.413. The van der Waals surface area contributed by atoms with Crippen molar-refractivity contribution in [3.8, 4) is 34.3 Å². The lowest BCUT2D eigenvalue weighted by atomic mass is 10.1. The van der Waals surface area contributed by atoms with Gasteiger partial charge in [-0.3, -0.25) is 4.79 Å². The summed E-state index contributed by atoms with van der Waals surface area (Å²) in [5.74, 6) is -1.74. The number of fused-ring (bicyclic) bond motifs is 1. The maximum atomic E-state index is 12.8. The fourth-order valence-corrected chi connectivity index (χ4v) is 2.44. The second-order valence-electron chi connectivity index (χ2n) is 5.44. The van der Waals surface area contributed by atoms with Crippen LogP contribution < -0.4 is 15.9 Å². The number of hydrogen-bond acceptors (Lipinski definition) is 7. The summed E-state index contributed by atoms with van der Waals surface area (Å²) in [6, 6.07) is 9.03. The van der Waals surface area contributed by atoms with E-state index in [4.69, 9.17) is 14.9 Å². The van der Waals surface area contributed by atoms with Gasteiger partial charge in [-0.25, -0.2) is 0 Å². The molecule has 0 bridgehead atoms. The van der Waals surface area contributed by atoms with E-state index in [1.807, 2.05) is 0 Å². The molecule has 1 aromatic heterocycles. The number of rotatable bonds is 5. The number of nitrogens with two attached hydrogens (primary N) is 1. The molecule has 0 spiro atoms. The Kier molecular flexibility index (Phi) is 4.49. The van der Waals surface area contributed by atoms with Gasteiger partial charge in [0, 0.05) is 5.56 Å². The van der Waals surface area contributed by atoms with E-state index in [1.165, 1.54) is 12.1 Å². The number of aromatic hydroxyl groups is 3. The Morgan fingerprint density at radius 2 is 1.76 bits per heavy atom. The summed E-state index contributed by atoms with van der Waals surface area (Å²) < 4.78 is 11.3. The zero-order chi connectivity index (χ0) is 18.0. The van der Waals surface area contributed by atoms with Crippen molar-refractivity contribution in [3.63, 3.8) is 0 Å².